The number of carbonyl (C=O) groups is 2. The summed E-state index contributed by atoms with van der Waals surface area (Å²) in [6, 6.07) is 0. The highest BCUT2D eigenvalue weighted by Gasteiger charge is 2.42. The van der Waals surface area contributed by atoms with Crippen molar-refractivity contribution in [3.05, 3.63) is 104 Å². The van der Waals surface area contributed by atoms with E-state index in [1.165, 1.54) is 50.5 Å². The van der Waals surface area contributed by atoms with Gasteiger partial charge in [-0.15, -0.1) is 0 Å². The summed E-state index contributed by atoms with van der Waals surface area (Å²) in [6.07, 6.45) is 23.5. The summed E-state index contributed by atoms with van der Waals surface area (Å²) in [4.78, 5) is 47.6. The summed E-state index contributed by atoms with van der Waals surface area (Å²) in [6.45, 7) is 26.5. The van der Waals surface area contributed by atoms with Crippen LogP contribution in [0.2, 0.25) is 0 Å². The molecule has 4 atom stereocenters. The molecule has 0 amide bonds. The van der Waals surface area contributed by atoms with E-state index in [4.69, 9.17) is 24.7 Å². The van der Waals surface area contributed by atoms with E-state index >= 15 is 0 Å². The number of hydrogen-bond donors (Lipinski definition) is 0. The van der Waals surface area contributed by atoms with Crippen LogP contribution in [0.15, 0.2) is 124 Å². The molecule has 60 heavy (non-hydrogen) atoms. The van der Waals surface area contributed by atoms with Gasteiger partial charge in [-0.3, -0.25) is 14.6 Å². The topological polar surface area (TPSA) is 92.8 Å². The molecule has 5 aliphatic heterocycles. The summed E-state index contributed by atoms with van der Waals surface area (Å²) >= 11 is 0. The minimum atomic E-state index is -0.214. The second kappa shape index (κ2) is 19.9. The quantitative estimate of drug-likeness (QED) is 0.0960. The lowest BCUT2D eigenvalue weighted by atomic mass is 9.84. The van der Waals surface area contributed by atoms with Crippen molar-refractivity contribution in [1.29, 1.82) is 0 Å². The molecule has 6 rings (SSSR count). The van der Waals surface area contributed by atoms with E-state index in [1.54, 1.807) is 0 Å². The van der Waals surface area contributed by atoms with Crippen LogP contribution in [0.1, 0.15) is 153 Å². The molecule has 0 unspecified atom stereocenters. The van der Waals surface area contributed by atoms with Gasteiger partial charge in [-0.2, -0.15) is 0 Å². The van der Waals surface area contributed by atoms with Gasteiger partial charge < -0.3 is 4.74 Å². The Labute approximate surface area is 360 Å². The van der Waals surface area contributed by atoms with E-state index in [1.807, 2.05) is 19.1 Å². The first-order chi connectivity index (χ1) is 28.7. The normalized spacial score (nSPS) is 22.4. The van der Waals surface area contributed by atoms with Gasteiger partial charge in [0, 0.05) is 47.1 Å². The Morgan fingerprint density at radius 1 is 0.833 bits per heavy atom. The van der Waals surface area contributed by atoms with Crippen molar-refractivity contribution in [1.82, 2.24) is 0 Å². The van der Waals surface area contributed by atoms with Crippen LogP contribution in [0.25, 0.3) is 0 Å². The third-order valence-corrected chi connectivity index (χ3v) is 13.7. The monoisotopic (exact) mass is 811 g/mol. The van der Waals surface area contributed by atoms with Gasteiger partial charge in [-0.25, -0.2) is 15.0 Å². The first kappa shape index (κ1) is 45.0. The van der Waals surface area contributed by atoms with Crippen LogP contribution in [-0.2, 0) is 14.3 Å². The molecule has 7 heteroatoms. The highest BCUT2D eigenvalue weighted by molar-refractivity contribution is 6.38. The SMILES string of the molecule is C=CC1=C(C)C2=CC3=NC(=C4CC(=O)C5=C(C)C(=CC6=NC(=CC1=N2)C(C)=C6CC)N=C45)[C@@H](CCC(=O)OCC=C(C)CCC[C@H](C)CCC[C@H](C)CCCC(C)C)[C@@H]3C. The Morgan fingerprint density at radius 2 is 1.47 bits per heavy atom. The minimum absolute atomic E-state index is 0.0104. The smallest absolute Gasteiger partial charge is 0.306 e. The van der Waals surface area contributed by atoms with Crippen LogP contribution >= 0.6 is 0 Å². The van der Waals surface area contributed by atoms with E-state index in [0.29, 0.717) is 12.0 Å². The second-order valence-corrected chi connectivity index (χ2v) is 18.8. The van der Waals surface area contributed by atoms with Crippen LogP contribution in [-0.4, -0.2) is 41.2 Å². The number of Topliss-reactive ketones (excluding diaryl/α,β-unsaturated/α-hetero) is 1. The molecule has 0 spiro atoms. The van der Waals surface area contributed by atoms with Crippen LogP contribution in [0.4, 0.5) is 0 Å². The zero-order chi connectivity index (χ0) is 43.2. The zero-order valence-corrected chi connectivity index (χ0v) is 38.4. The Morgan fingerprint density at radius 3 is 2.15 bits per heavy atom. The number of rotatable bonds is 19. The van der Waals surface area contributed by atoms with E-state index in [0.717, 1.165) is 116 Å². The largest absolute Gasteiger partial charge is 0.461 e. The number of ketones is 1. The number of allylic oxidation sites excluding steroid dienone is 13. The Kier molecular flexibility index (Phi) is 14.9. The number of fused-ring (bicyclic) bond motifs is 4. The molecule has 6 aliphatic rings. The summed E-state index contributed by atoms with van der Waals surface area (Å²) < 4.78 is 5.78. The van der Waals surface area contributed by atoms with Gasteiger partial charge in [0.25, 0.3) is 0 Å². The molecule has 5 heterocycles. The van der Waals surface area contributed by atoms with E-state index < -0.39 is 0 Å². The lowest BCUT2D eigenvalue weighted by Crippen LogP contribution is -2.17. The molecule has 7 nitrogen and oxygen atoms in total. The summed E-state index contributed by atoms with van der Waals surface area (Å²) in [5.41, 5.74) is 14.6. The fourth-order valence-corrected chi connectivity index (χ4v) is 9.70. The van der Waals surface area contributed by atoms with E-state index in [2.05, 4.69) is 87.1 Å². The number of carbonyl (C=O) groups excluding carboxylic acids is 2. The predicted octanol–water partition coefficient (Wildman–Crippen LogP) is 13.2. The van der Waals surface area contributed by atoms with Gasteiger partial charge in [0.2, 0.25) is 0 Å². The highest BCUT2D eigenvalue weighted by atomic mass is 16.5. The van der Waals surface area contributed by atoms with Crippen LogP contribution in [0, 0.1) is 29.6 Å². The molecule has 320 valence electrons. The Balaban J connectivity index is 1.13. The fraction of sp³-hybridized carbons (Fsp3) is 0.547. The van der Waals surface area contributed by atoms with Gasteiger partial charge in [0.05, 0.1) is 39.9 Å². The maximum atomic E-state index is 13.7. The molecule has 0 aromatic heterocycles. The van der Waals surface area contributed by atoms with Crippen LogP contribution in [0.3, 0.4) is 0 Å². The van der Waals surface area contributed by atoms with Gasteiger partial charge in [-0.05, 0) is 118 Å². The van der Waals surface area contributed by atoms with Crippen molar-refractivity contribution in [3.8, 4) is 0 Å². The number of hydrogen-bond acceptors (Lipinski definition) is 7. The van der Waals surface area contributed by atoms with Gasteiger partial charge >= 0.3 is 5.97 Å². The van der Waals surface area contributed by atoms with Crippen molar-refractivity contribution in [2.75, 3.05) is 6.61 Å². The van der Waals surface area contributed by atoms with E-state index in [-0.39, 0.29) is 43.0 Å². The molecule has 1 aliphatic carbocycles. The summed E-state index contributed by atoms with van der Waals surface area (Å²) in [7, 11) is 0. The van der Waals surface area contributed by atoms with Crippen molar-refractivity contribution in [2.45, 2.75) is 153 Å². The Bertz CT molecular complexity index is 2170. The van der Waals surface area contributed by atoms with E-state index in [9.17, 15) is 9.59 Å². The Hall–Kier alpha value is -4.52. The van der Waals surface area contributed by atoms with Gasteiger partial charge in [0.1, 0.15) is 6.61 Å². The summed E-state index contributed by atoms with van der Waals surface area (Å²) in [5.74, 6) is 2.15. The standard InChI is InChI=1S/C53H70N4O3/c1-12-39-35(8)43-28-45-37(10)41(23-24-50(59)60-26-25-34(7)22-16-21-33(6)20-15-19-32(5)18-14-17-31(3)4)52(56-45)42-27-49(58)51-38(11)46(57-53(42)51)30-48-40(13-2)36(9)44(55-48)29-47(39)54-43/h12,25,28-33,37,41H,1,13-24,26-27H2,2-11H3/t32-,33-,37+,41+/m1/s1. The van der Waals surface area contributed by atoms with Gasteiger partial charge in [-0.1, -0.05) is 105 Å². The molecule has 0 aromatic carbocycles. The average molecular weight is 811 g/mol. The molecule has 8 bridgehead atoms. The van der Waals surface area contributed by atoms with Gasteiger partial charge in [0.15, 0.2) is 5.78 Å². The molecule has 1 saturated carbocycles. The maximum Gasteiger partial charge on any atom is 0.306 e. The minimum Gasteiger partial charge on any atom is -0.461 e. The van der Waals surface area contributed by atoms with Crippen molar-refractivity contribution in [3.63, 3.8) is 0 Å². The lowest BCUT2D eigenvalue weighted by molar-refractivity contribution is -0.142. The number of ether oxygens (including phenoxy) is 1. The lowest BCUT2D eigenvalue weighted by Gasteiger charge is -2.18. The first-order valence-corrected chi connectivity index (χ1v) is 23.0. The molecular formula is C53H70N4O3. The third kappa shape index (κ3) is 10.1. The zero-order valence-electron chi connectivity index (χ0n) is 38.4. The molecule has 0 radical (unpaired) electrons. The molecule has 0 saturated heterocycles. The highest BCUT2D eigenvalue weighted by Crippen LogP contribution is 2.45. The number of aliphatic imine (C=N–C) groups is 4. The fourth-order valence-electron chi connectivity index (χ4n) is 9.70. The molecule has 1 fully saturated rings. The summed E-state index contributed by atoms with van der Waals surface area (Å²) in [5, 5.41) is 0. The van der Waals surface area contributed by atoms with Crippen LogP contribution in [0.5, 0.6) is 0 Å². The third-order valence-electron chi connectivity index (χ3n) is 13.7. The average Bonchev–Trinajstić information content (AvgIpc) is 3.95. The van der Waals surface area contributed by atoms with Crippen LogP contribution < -0.4 is 0 Å². The van der Waals surface area contributed by atoms with Crippen molar-refractivity contribution in [2.24, 2.45) is 49.6 Å². The first-order valence-electron chi connectivity index (χ1n) is 23.0. The number of esters is 1. The number of nitrogens with zero attached hydrogens (tertiary/aromatic N) is 4. The molecule has 0 N–H and O–H groups in total. The maximum absolute atomic E-state index is 13.7. The second-order valence-electron chi connectivity index (χ2n) is 18.8. The molecular weight excluding hydrogens is 741 g/mol. The van der Waals surface area contributed by atoms with Crippen molar-refractivity contribution >= 4 is 34.6 Å². The predicted molar refractivity (Wildman–Crippen MR) is 251 cm³/mol. The molecule has 0 aromatic rings. The van der Waals surface area contributed by atoms with Crippen molar-refractivity contribution < 1.29 is 14.3 Å².